The van der Waals surface area contributed by atoms with Crippen molar-refractivity contribution in [3.8, 4) is 17.2 Å². The lowest BCUT2D eigenvalue weighted by Crippen LogP contribution is -2.41. The third-order valence-corrected chi connectivity index (χ3v) is 7.33. The number of methoxy groups -OCH3 is 1. The number of hydrogen-bond donors (Lipinski definition) is 1. The summed E-state index contributed by atoms with van der Waals surface area (Å²) >= 11 is 7.17. The molecule has 8 nitrogen and oxygen atoms in total. The molecule has 1 unspecified atom stereocenters. The van der Waals surface area contributed by atoms with Crippen LogP contribution in [0.3, 0.4) is 0 Å². The summed E-state index contributed by atoms with van der Waals surface area (Å²) in [6, 6.07) is 12.8. The van der Waals surface area contributed by atoms with E-state index in [1.54, 1.807) is 18.9 Å². The number of carbonyl (C=O) groups is 2. The molecule has 0 radical (unpaired) electrons. The molecule has 1 atom stereocenters. The van der Waals surface area contributed by atoms with Crippen LogP contribution in [-0.4, -0.2) is 48.6 Å². The fourth-order valence-corrected chi connectivity index (χ4v) is 5.46. The standard InChI is InChI=1S/C24H23ClN4O4S/c1-15(30)28-9-8-24(13-28)14-29(23(31)27-22-26-12-21(25)34-22)20-7-6-18(11-19(20)24)33-17-5-3-4-16(10-17)32-2/h3-7,10-12H,8-9,13-14H2,1-2H3,(H,26,27,31). The van der Waals surface area contributed by atoms with E-state index in [0.717, 1.165) is 17.7 Å². The second kappa shape index (κ2) is 8.81. The average molecular weight is 499 g/mol. The molecule has 2 aliphatic heterocycles. The Hall–Kier alpha value is -3.30. The second-order valence-corrected chi connectivity index (χ2v) is 10.1. The van der Waals surface area contributed by atoms with Gasteiger partial charge < -0.3 is 14.4 Å². The number of carbonyl (C=O) groups excluding carboxylic acids is 2. The summed E-state index contributed by atoms with van der Waals surface area (Å²) < 4.78 is 11.9. The summed E-state index contributed by atoms with van der Waals surface area (Å²) in [5.41, 5.74) is 1.42. The van der Waals surface area contributed by atoms with E-state index in [1.165, 1.54) is 17.5 Å². The van der Waals surface area contributed by atoms with E-state index in [1.807, 2.05) is 47.4 Å². The van der Waals surface area contributed by atoms with Crippen LogP contribution in [0.2, 0.25) is 4.34 Å². The van der Waals surface area contributed by atoms with Crippen molar-refractivity contribution in [2.75, 3.05) is 37.0 Å². The van der Waals surface area contributed by atoms with Gasteiger partial charge in [0.25, 0.3) is 0 Å². The molecule has 0 bridgehead atoms. The zero-order valence-electron chi connectivity index (χ0n) is 18.7. The SMILES string of the molecule is COc1cccc(Oc2ccc3c(c2)C2(CCN(C(C)=O)C2)CN3C(=O)Nc2ncc(Cl)s2)c1. The van der Waals surface area contributed by atoms with Crippen molar-refractivity contribution in [3.63, 3.8) is 0 Å². The first kappa shape index (κ1) is 22.5. The van der Waals surface area contributed by atoms with E-state index in [4.69, 9.17) is 21.1 Å². The molecule has 0 aliphatic carbocycles. The number of aromatic nitrogens is 1. The molecule has 2 aromatic carbocycles. The van der Waals surface area contributed by atoms with E-state index < -0.39 is 0 Å². The molecule has 34 heavy (non-hydrogen) atoms. The number of nitrogens with zero attached hydrogens (tertiary/aromatic N) is 3. The maximum absolute atomic E-state index is 13.2. The Labute approximate surface area is 206 Å². The molecular weight excluding hydrogens is 476 g/mol. The smallest absolute Gasteiger partial charge is 0.328 e. The Morgan fingerprint density at radius 3 is 2.65 bits per heavy atom. The van der Waals surface area contributed by atoms with E-state index in [2.05, 4.69) is 10.3 Å². The van der Waals surface area contributed by atoms with Crippen LogP contribution in [0.1, 0.15) is 18.9 Å². The van der Waals surface area contributed by atoms with E-state index >= 15 is 0 Å². The number of thiazole rings is 1. The number of hydrogen-bond acceptors (Lipinski definition) is 6. The van der Waals surface area contributed by atoms with Gasteiger partial charge in [-0.3, -0.25) is 15.0 Å². The quantitative estimate of drug-likeness (QED) is 0.538. The van der Waals surface area contributed by atoms with Crippen LogP contribution in [0, 0.1) is 0 Å². The number of amides is 3. The summed E-state index contributed by atoms with van der Waals surface area (Å²) in [7, 11) is 1.61. The Morgan fingerprint density at radius 2 is 1.94 bits per heavy atom. The van der Waals surface area contributed by atoms with Gasteiger partial charge in [0.2, 0.25) is 5.91 Å². The fraction of sp³-hybridized carbons (Fsp3) is 0.292. The Morgan fingerprint density at radius 1 is 1.15 bits per heavy atom. The van der Waals surface area contributed by atoms with Crippen molar-refractivity contribution in [2.24, 2.45) is 0 Å². The first-order valence-electron chi connectivity index (χ1n) is 10.8. The van der Waals surface area contributed by atoms with Gasteiger partial charge in [0, 0.05) is 43.7 Å². The minimum absolute atomic E-state index is 0.0301. The lowest BCUT2D eigenvalue weighted by Gasteiger charge is -2.25. The minimum atomic E-state index is -0.368. The van der Waals surface area contributed by atoms with Crippen molar-refractivity contribution < 1.29 is 19.1 Å². The Bertz CT molecular complexity index is 1270. The molecule has 1 spiro atoms. The number of urea groups is 1. The molecular formula is C24H23ClN4O4S. The molecule has 5 rings (SSSR count). The van der Waals surface area contributed by atoms with Crippen molar-refractivity contribution in [3.05, 3.63) is 58.6 Å². The third-order valence-electron chi connectivity index (χ3n) is 6.30. The topological polar surface area (TPSA) is 84.0 Å². The second-order valence-electron chi connectivity index (χ2n) is 8.42. The van der Waals surface area contributed by atoms with Gasteiger partial charge in [-0.2, -0.15) is 0 Å². The van der Waals surface area contributed by atoms with Gasteiger partial charge in [-0.1, -0.05) is 29.0 Å². The number of likely N-dealkylation sites (tertiary alicyclic amines) is 1. The molecule has 3 heterocycles. The van der Waals surface area contributed by atoms with Crippen LogP contribution in [0.25, 0.3) is 0 Å². The van der Waals surface area contributed by atoms with Crippen LogP contribution >= 0.6 is 22.9 Å². The van der Waals surface area contributed by atoms with Gasteiger partial charge in [-0.05, 0) is 42.3 Å². The maximum atomic E-state index is 13.2. The van der Waals surface area contributed by atoms with Crippen LogP contribution in [0.15, 0.2) is 48.7 Å². The summed E-state index contributed by atoms with van der Waals surface area (Å²) in [4.78, 5) is 33.0. The minimum Gasteiger partial charge on any atom is -0.497 e. The molecule has 1 saturated heterocycles. The number of halogens is 1. The number of fused-ring (bicyclic) bond motifs is 2. The molecule has 176 valence electrons. The highest BCUT2D eigenvalue weighted by molar-refractivity contribution is 7.19. The maximum Gasteiger partial charge on any atom is 0.328 e. The predicted octanol–water partition coefficient (Wildman–Crippen LogP) is 5.14. The number of nitrogens with one attached hydrogen (secondary N) is 1. The summed E-state index contributed by atoms with van der Waals surface area (Å²) in [6.45, 7) is 3.23. The van der Waals surface area contributed by atoms with Gasteiger partial charge in [-0.15, -0.1) is 0 Å². The van der Waals surface area contributed by atoms with Crippen LogP contribution in [-0.2, 0) is 10.2 Å². The number of anilines is 2. The molecule has 0 saturated carbocycles. The van der Waals surface area contributed by atoms with Crippen LogP contribution < -0.4 is 19.7 Å². The molecule has 1 fully saturated rings. The van der Waals surface area contributed by atoms with Crippen LogP contribution in [0.5, 0.6) is 17.2 Å². The molecule has 1 aromatic heterocycles. The van der Waals surface area contributed by atoms with Crippen molar-refractivity contribution >= 4 is 45.7 Å². The molecule has 1 N–H and O–H groups in total. The highest BCUT2D eigenvalue weighted by atomic mass is 35.5. The van der Waals surface area contributed by atoms with Crippen molar-refractivity contribution in [1.29, 1.82) is 0 Å². The highest BCUT2D eigenvalue weighted by Crippen LogP contribution is 2.48. The number of benzene rings is 2. The van der Waals surface area contributed by atoms with E-state index in [0.29, 0.717) is 46.4 Å². The summed E-state index contributed by atoms with van der Waals surface area (Å²) in [5.74, 6) is 2.04. The Kier molecular flexibility index (Phi) is 5.83. The zero-order chi connectivity index (χ0) is 23.9. The Balaban J connectivity index is 1.47. The summed E-state index contributed by atoms with van der Waals surface area (Å²) in [5, 5.41) is 3.27. The largest absolute Gasteiger partial charge is 0.497 e. The lowest BCUT2D eigenvalue weighted by molar-refractivity contribution is -0.127. The van der Waals surface area contributed by atoms with Gasteiger partial charge in [0.15, 0.2) is 5.13 Å². The van der Waals surface area contributed by atoms with Crippen LogP contribution in [0.4, 0.5) is 15.6 Å². The first-order valence-corrected chi connectivity index (χ1v) is 12.0. The van der Waals surface area contributed by atoms with Gasteiger partial charge in [0.1, 0.15) is 21.6 Å². The number of rotatable bonds is 4. The fourth-order valence-electron chi connectivity index (χ4n) is 4.66. The number of ether oxygens (including phenoxy) is 2. The lowest BCUT2D eigenvalue weighted by atomic mass is 9.81. The van der Waals surface area contributed by atoms with Crippen molar-refractivity contribution in [1.82, 2.24) is 9.88 Å². The zero-order valence-corrected chi connectivity index (χ0v) is 20.3. The molecule has 2 aliphatic rings. The van der Waals surface area contributed by atoms with E-state index in [-0.39, 0.29) is 17.4 Å². The molecule has 3 amide bonds. The monoisotopic (exact) mass is 498 g/mol. The third kappa shape index (κ3) is 4.17. The van der Waals surface area contributed by atoms with Crippen molar-refractivity contribution in [2.45, 2.75) is 18.8 Å². The van der Waals surface area contributed by atoms with Gasteiger partial charge in [0.05, 0.1) is 13.3 Å². The highest BCUT2D eigenvalue weighted by Gasteiger charge is 2.49. The average Bonchev–Trinajstić information content (AvgIpc) is 3.52. The normalized spacial score (nSPS) is 18.8. The van der Waals surface area contributed by atoms with E-state index in [9.17, 15) is 9.59 Å². The molecule has 10 heteroatoms. The predicted molar refractivity (Wildman–Crippen MR) is 132 cm³/mol. The first-order chi connectivity index (χ1) is 16.4. The molecule has 3 aromatic rings. The van der Waals surface area contributed by atoms with Gasteiger partial charge >= 0.3 is 6.03 Å². The van der Waals surface area contributed by atoms with Gasteiger partial charge in [-0.25, -0.2) is 9.78 Å². The summed E-state index contributed by atoms with van der Waals surface area (Å²) in [6.07, 6.45) is 2.26.